The van der Waals surface area contributed by atoms with Gasteiger partial charge in [-0.25, -0.2) is 0 Å². The average Bonchev–Trinajstić information content (AvgIpc) is 2.43. The molecule has 98 valence electrons. The summed E-state index contributed by atoms with van der Waals surface area (Å²) in [5, 5.41) is 21.1. The molecule has 0 aliphatic heterocycles. The summed E-state index contributed by atoms with van der Waals surface area (Å²) in [5.74, 6) is 0.189. The highest BCUT2D eigenvalue weighted by Crippen LogP contribution is 2.18. The minimum atomic E-state index is 0.189. The van der Waals surface area contributed by atoms with Crippen LogP contribution in [0.15, 0.2) is 53.7 Å². The molecule has 0 radical (unpaired) electrons. The lowest BCUT2D eigenvalue weighted by atomic mass is 10.2. The van der Waals surface area contributed by atoms with Gasteiger partial charge < -0.3 is 10.3 Å². The first-order valence-corrected chi connectivity index (χ1v) is 5.72. The summed E-state index contributed by atoms with van der Waals surface area (Å²) >= 11 is 0. The van der Waals surface area contributed by atoms with Crippen LogP contribution in [0.1, 0.15) is 11.1 Å². The number of hydrogen-bond donors (Lipinski definition) is 3. The molecule has 0 saturated carbocycles. The fourth-order valence-electron chi connectivity index (χ4n) is 1.59. The first-order valence-electron chi connectivity index (χ1n) is 5.72. The largest absolute Gasteiger partial charge is 0.508 e. The van der Waals surface area contributed by atoms with Crippen LogP contribution in [0.3, 0.4) is 0 Å². The normalized spacial score (nSPS) is 10.7. The second-order valence-electron chi connectivity index (χ2n) is 3.85. The molecule has 0 spiro atoms. The molecule has 5 heteroatoms. The van der Waals surface area contributed by atoms with Gasteiger partial charge in [-0.1, -0.05) is 41.6 Å². The molecule has 19 heavy (non-hydrogen) atoms. The molecular formula is C14H14N2O3. The number of benzene rings is 2. The standard InChI is InChI=1S/C14H14N2O3/c17-14-8-4-2-6-12(14)10-19-16-13-7-3-1-5-11(13)9-15-18/h1-9,16-18H,10H2. The Balaban J connectivity index is 1.98. The molecular weight excluding hydrogens is 244 g/mol. The van der Waals surface area contributed by atoms with Crippen molar-refractivity contribution < 1.29 is 15.2 Å². The Morgan fingerprint density at radius 3 is 2.63 bits per heavy atom. The summed E-state index contributed by atoms with van der Waals surface area (Å²) in [6.07, 6.45) is 1.31. The van der Waals surface area contributed by atoms with Crippen LogP contribution in [-0.2, 0) is 11.4 Å². The van der Waals surface area contributed by atoms with Gasteiger partial charge in [0.25, 0.3) is 0 Å². The molecule has 0 aliphatic carbocycles. The van der Waals surface area contributed by atoms with Crippen molar-refractivity contribution in [2.75, 3.05) is 5.48 Å². The number of rotatable bonds is 5. The topological polar surface area (TPSA) is 74.1 Å². The average molecular weight is 258 g/mol. The van der Waals surface area contributed by atoms with Gasteiger partial charge in [0, 0.05) is 11.1 Å². The van der Waals surface area contributed by atoms with Crippen molar-refractivity contribution in [2.24, 2.45) is 5.16 Å². The third kappa shape index (κ3) is 3.46. The van der Waals surface area contributed by atoms with Crippen LogP contribution in [0.5, 0.6) is 5.75 Å². The number of anilines is 1. The van der Waals surface area contributed by atoms with E-state index in [0.29, 0.717) is 16.8 Å². The molecule has 3 N–H and O–H groups in total. The zero-order valence-corrected chi connectivity index (χ0v) is 10.2. The monoisotopic (exact) mass is 258 g/mol. The Labute approximate surface area is 110 Å². The van der Waals surface area contributed by atoms with Crippen molar-refractivity contribution in [1.82, 2.24) is 0 Å². The van der Waals surface area contributed by atoms with Crippen LogP contribution in [0, 0.1) is 0 Å². The van der Waals surface area contributed by atoms with Crippen molar-refractivity contribution >= 4 is 11.9 Å². The van der Waals surface area contributed by atoms with Crippen LogP contribution >= 0.6 is 0 Å². The Morgan fingerprint density at radius 2 is 1.84 bits per heavy atom. The number of oxime groups is 1. The van der Waals surface area contributed by atoms with Gasteiger partial charge in [-0.15, -0.1) is 0 Å². The second kappa shape index (κ2) is 6.42. The highest BCUT2D eigenvalue weighted by molar-refractivity contribution is 5.86. The number of nitrogens with one attached hydrogen (secondary N) is 1. The Morgan fingerprint density at radius 1 is 1.11 bits per heavy atom. The molecule has 2 aromatic rings. The van der Waals surface area contributed by atoms with Gasteiger partial charge in [-0.2, -0.15) is 0 Å². The van der Waals surface area contributed by atoms with Crippen molar-refractivity contribution in [1.29, 1.82) is 0 Å². The second-order valence-corrected chi connectivity index (χ2v) is 3.85. The quantitative estimate of drug-likeness (QED) is 0.438. The van der Waals surface area contributed by atoms with Gasteiger partial charge in [0.05, 0.1) is 11.9 Å². The third-order valence-corrected chi connectivity index (χ3v) is 2.56. The van der Waals surface area contributed by atoms with Gasteiger partial charge in [0.1, 0.15) is 12.4 Å². The lowest BCUT2D eigenvalue weighted by molar-refractivity contribution is 0.177. The van der Waals surface area contributed by atoms with Crippen LogP contribution in [0.4, 0.5) is 5.69 Å². The summed E-state index contributed by atoms with van der Waals surface area (Å²) in [5.41, 5.74) is 4.82. The molecule has 0 unspecified atom stereocenters. The predicted molar refractivity (Wildman–Crippen MR) is 72.3 cm³/mol. The van der Waals surface area contributed by atoms with Crippen molar-refractivity contribution in [3.63, 3.8) is 0 Å². The molecule has 0 aromatic heterocycles. The van der Waals surface area contributed by atoms with E-state index in [4.69, 9.17) is 10.0 Å². The lowest BCUT2D eigenvalue weighted by Crippen LogP contribution is -2.04. The predicted octanol–water partition coefficient (Wildman–Crippen LogP) is 2.74. The zero-order valence-electron chi connectivity index (χ0n) is 10.2. The number of hydrogen-bond acceptors (Lipinski definition) is 5. The molecule has 0 fully saturated rings. The fraction of sp³-hybridized carbons (Fsp3) is 0.0714. The Hall–Kier alpha value is -2.53. The van der Waals surface area contributed by atoms with E-state index >= 15 is 0 Å². The van der Waals surface area contributed by atoms with E-state index in [1.54, 1.807) is 30.3 Å². The first-order chi connectivity index (χ1) is 9.31. The smallest absolute Gasteiger partial charge is 0.121 e. The minimum absolute atomic E-state index is 0.189. The first kappa shape index (κ1) is 12.9. The molecule has 0 atom stereocenters. The molecule has 0 saturated heterocycles. The summed E-state index contributed by atoms with van der Waals surface area (Å²) in [6, 6.07) is 14.2. The molecule has 0 bridgehead atoms. The Kier molecular flexibility index (Phi) is 4.36. The van der Waals surface area contributed by atoms with Gasteiger partial charge in [-0.3, -0.25) is 10.3 Å². The molecule has 0 aliphatic rings. The van der Waals surface area contributed by atoms with E-state index in [2.05, 4.69) is 10.6 Å². The number of para-hydroxylation sites is 2. The molecule has 2 aromatic carbocycles. The SMILES string of the molecule is ON=Cc1ccccc1NOCc1ccccc1O. The minimum Gasteiger partial charge on any atom is -0.508 e. The van der Waals surface area contributed by atoms with Gasteiger partial charge in [-0.05, 0) is 12.1 Å². The summed E-state index contributed by atoms with van der Waals surface area (Å²) < 4.78 is 0. The molecule has 2 rings (SSSR count). The van der Waals surface area contributed by atoms with Crippen LogP contribution < -0.4 is 5.48 Å². The summed E-state index contributed by atoms with van der Waals surface area (Å²) in [4.78, 5) is 5.32. The summed E-state index contributed by atoms with van der Waals surface area (Å²) in [6.45, 7) is 0.220. The summed E-state index contributed by atoms with van der Waals surface area (Å²) in [7, 11) is 0. The highest BCUT2D eigenvalue weighted by atomic mass is 16.6. The van der Waals surface area contributed by atoms with E-state index in [9.17, 15) is 5.11 Å². The van der Waals surface area contributed by atoms with Crippen LogP contribution in [0.25, 0.3) is 0 Å². The molecule has 0 amide bonds. The Bertz CT molecular complexity index is 570. The van der Waals surface area contributed by atoms with Crippen LogP contribution in [-0.4, -0.2) is 16.5 Å². The third-order valence-electron chi connectivity index (χ3n) is 2.56. The number of nitrogens with zero attached hydrogens (tertiary/aromatic N) is 1. The van der Waals surface area contributed by atoms with Gasteiger partial charge >= 0.3 is 0 Å². The fourth-order valence-corrected chi connectivity index (χ4v) is 1.59. The number of aromatic hydroxyl groups is 1. The van der Waals surface area contributed by atoms with Crippen LogP contribution in [0.2, 0.25) is 0 Å². The lowest BCUT2D eigenvalue weighted by Gasteiger charge is -2.10. The maximum Gasteiger partial charge on any atom is 0.121 e. The van der Waals surface area contributed by atoms with Crippen molar-refractivity contribution in [2.45, 2.75) is 6.61 Å². The highest BCUT2D eigenvalue weighted by Gasteiger charge is 2.02. The van der Waals surface area contributed by atoms with E-state index in [1.165, 1.54) is 6.21 Å². The number of phenolic OH excluding ortho intramolecular Hbond substituents is 1. The molecule has 5 nitrogen and oxygen atoms in total. The van der Waals surface area contributed by atoms with Gasteiger partial charge in [0.15, 0.2) is 0 Å². The maximum absolute atomic E-state index is 9.58. The number of phenols is 1. The van der Waals surface area contributed by atoms with E-state index in [-0.39, 0.29) is 12.4 Å². The van der Waals surface area contributed by atoms with Crippen molar-refractivity contribution in [3.05, 3.63) is 59.7 Å². The molecule has 0 heterocycles. The van der Waals surface area contributed by atoms with E-state index in [1.807, 2.05) is 18.2 Å². The van der Waals surface area contributed by atoms with E-state index in [0.717, 1.165) is 0 Å². The maximum atomic E-state index is 9.58. The zero-order chi connectivity index (χ0) is 13.5. The van der Waals surface area contributed by atoms with E-state index < -0.39 is 0 Å². The van der Waals surface area contributed by atoms with Crippen molar-refractivity contribution in [3.8, 4) is 5.75 Å². The van der Waals surface area contributed by atoms with Gasteiger partial charge in [0.2, 0.25) is 0 Å².